The number of thiophene rings is 1. The van der Waals surface area contributed by atoms with E-state index in [0.717, 1.165) is 4.88 Å². The highest BCUT2D eigenvalue weighted by molar-refractivity contribution is 8.02. The second kappa shape index (κ2) is 6.79. The van der Waals surface area contributed by atoms with E-state index >= 15 is 0 Å². The lowest BCUT2D eigenvalue weighted by Gasteiger charge is -2.31. The van der Waals surface area contributed by atoms with Gasteiger partial charge in [-0.3, -0.25) is 10.4 Å². The molecule has 1 N–H and O–H groups in total. The Kier molecular flexibility index (Phi) is 4.12. The van der Waals surface area contributed by atoms with E-state index in [1.54, 1.807) is 17.1 Å². The number of anilines is 1. The van der Waals surface area contributed by atoms with E-state index in [-0.39, 0.29) is 36.0 Å². The zero-order valence-corrected chi connectivity index (χ0v) is 17.5. The van der Waals surface area contributed by atoms with E-state index < -0.39 is 22.7 Å². The molecule has 8 nitrogen and oxygen atoms in total. The van der Waals surface area contributed by atoms with Crippen molar-refractivity contribution < 1.29 is 23.5 Å². The minimum Gasteiger partial charge on any atom is -0.459 e. The van der Waals surface area contributed by atoms with Gasteiger partial charge >= 0.3 is 11.9 Å². The first-order chi connectivity index (χ1) is 15.1. The van der Waals surface area contributed by atoms with Crippen LogP contribution >= 0.6 is 23.1 Å². The number of ether oxygens (including phenoxy) is 2. The van der Waals surface area contributed by atoms with Crippen molar-refractivity contribution >= 4 is 52.1 Å². The maximum Gasteiger partial charge on any atom is 0.356 e. The zero-order valence-electron chi connectivity index (χ0n) is 15.9. The number of hydrazone groups is 2. The van der Waals surface area contributed by atoms with Gasteiger partial charge in [0.15, 0.2) is 11.4 Å². The van der Waals surface area contributed by atoms with Gasteiger partial charge in [-0.05, 0) is 35.7 Å². The summed E-state index contributed by atoms with van der Waals surface area (Å²) in [5.41, 5.74) is 4.22. The lowest BCUT2D eigenvalue weighted by atomic mass is 9.84. The molecule has 158 valence electrons. The number of benzene rings is 1. The highest BCUT2D eigenvalue weighted by Crippen LogP contribution is 2.57. The number of halogens is 1. The van der Waals surface area contributed by atoms with Crippen LogP contribution in [-0.4, -0.2) is 46.1 Å². The standard InChI is InChI=1S/C20H15FN4O4S2/c21-10-3-5-11(6-4-10)25-16-13-14(18(26)28-8-12-2-1-7-30-12)22-23-17(13)31-20(16)9-29-19(27)15(20)24-25/h1-7,13,16-17,23H,8-9H2/t13-,16-,17+,20-/m1/s1. The number of rotatable bonds is 4. The number of carbonyl (C=O) groups excluding carboxylic acids is 2. The molecule has 2 fully saturated rings. The predicted octanol–water partition coefficient (Wildman–Crippen LogP) is 2.12. The van der Waals surface area contributed by atoms with E-state index in [1.807, 2.05) is 17.5 Å². The molecule has 4 aliphatic heterocycles. The minimum atomic E-state index is -0.733. The van der Waals surface area contributed by atoms with Crippen LogP contribution in [0.5, 0.6) is 0 Å². The normalized spacial score (nSPS) is 30.2. The average Bonchev–Trinajstić information content (AvgIpc) is 3.54. The molecular weight excluding hydrogens is 443 g/mol. The van der Waals surface area contributed by atoms with Gasteiger partial charge in [0.1, 0.15) is 29.2 Å². The Morgan fingerprint density at radius 2 is 2.19 bits per heavy atom. The van der Waals surface area contributed by atoms with Gasteiger partial charge in [-0.2, -0.15) is 10.2 Å². The fourth-order valence-corrected chi connectivity index (χ4v) is 6.82. The number of carbonyl (C=O) groups is 2. The first-order valence-corrected chi connectivity index (χ1v) is 11.3. The molecule has 0 radical (unpaired) electrons. The molecule has 0 saturated carbocycles. The molecule has 1 aromatic carbocycles. The fourth-order valence-electron chi connectivity index (χ4n) is 4.47. The molecular formula is C20H15FN4O4S2. The third-order valence-electron chi connectivity index (χ3n) is 5.82. The topological polar surface area (TPSA) is 92.6 Å². The van der Waals surface area contributed by atoms with Crippen LogP contribution in [0.3, 0.4) is 0 Å². The molecule has 0 aliphatic carbocycles. The molecule has 5 heterocycles. The van der Waals surface area contributed by atoms with Crippen molar-refractivity contribution in [3.05, 3.63) is 52.5 Å². The third kappa shape index (κ3) is 2.72. The van der Waals surface area contributed by atoms with Crippen LogP contribution in [0, 0.1) is 11.7 Å². The largest absolute Gasteiger partial charge is 0.459 e. The van der Waals surface area contributed by atoms with Crippen molar-refractivity contribution in [3.63, 3.8) is 0 Å². The van der Waals surface area contributed by atoms with E-state index in [9.17, 15) is 14.0 Å². The maximum absolute atomic E-state index is 13.5. The average molecular weight is 458 g/mol. The summed E-state index contributed by atoms with van der Waals surface area (Å²) >= 11 is 2.99. The molecule has 0 bridgehead atoms. The van der Waals surface area contributed by atoms with Crippen molar-refractivity contribution in [2.75, 3.05) is 11.6 Å². The quantitative estimate of drug-likeness (QED) is 0.702. The number of nitrogens with zero attached hydrogens (tertiary/aromatic N) is 3. The highest BCUT2D eigenvalue weighted by atomic mass is 32.2. The molecule has 0 amide bonds. The lowest BCUT2D eigenvalue weighted by Crippen LogP contribution is -2.50. The number of cyclic esters (lactones) is 1. The molecule has 31 heavy (non-hydrogen) atoms. The van der Waals surface area contributed by atoms with Crippen LogP contribution in [0.4, 0.5) is 10.1 Å². The number of hydrogen-bond acceptors (Lipinski definition) is 10. The third-order valence-corrected chi connectivity index (χ3v) is 8.29. The fraction of sp³-hybridized carbons (Fsp3) is 0.300. The summed E-state index contributed by atoms with van der Waals surface area (Å²) in [5.74, 6) is -1.74. The van der Waals surface area contributed by atoms with Gasteiger partial charge < -0.3 is 9.47 Å². The second-order valence-corrected chi connectivity index (χ2v) is 10.0. The lowest BCUT2D eigenvalue weighted by molar-refractivity contribution is -0.137. The van der Waals surface area contributed by atoms with Gasteiger partial charge in [0.05, 0.1) is 17.6 Å². The monoisotopic (exact) mass is 458 g/mol. The molecule has 1 spiro atoms. The van der Waals surface area contributed by atoms with Crippen LogP contribution in [-0.2, 0) is 25.7 Å². The molecule has 11 heteroatoms. The molecule has 2 aromatic rings. The Hall–Kier alpha value is -2.92. The Morgan fingerprint density at radius 1 is 1.35 bits per heavy atom. The Balaban J connectivity index is 1.34. The molecule has 2 saturated heterocycles. The Labute approximate surface area is 184 Å². The Bertz CT molecular complexity index is 1140. The van der Waals surface area contributed by atoms with Crippen LogP contribution < -0.4 is 10.4 Å². The summed E-state index contributed by atoms with van der Waals surface area (Å²) in [7, 11) is 0. The number of esters is 2. The first kappa shape index (κ1) is 18.8. The Morgan fingerprint density at radius 3 is 2.97 bits per heavy atom. The van der Waals surface area contributed by atoms with E-state index in [2.05, 4.69) is 15.6 Å². The summed E-state index contributed by atoms with van der Waals surface area (Å²) in [4.78, 5) is 26.2. The van der Waals surface area contributed by atoms with Crippen molar-refractivity contribution in [2.45, 2.75) is 22.8 Å². The minimum absolute atomic E-state index is 0.157. The number of thioether (sulfide) groups is 1. The summed E-state index contributed by atoms with van der Waals surface area (Å²) in [6.45, 7) is 0.324. The van der Waals surface area contributed by atoms with Crippen molar-refractivity contribution in [2.24, 2.45) is 16.1 Å². The molecule has 4 atom stereocenters. The summed E-state index contributed by atoms with van der Waals surface area (Å²) < 4.78 is 23.6. The van der Waals surface area contributed by atoms with Crippen LogP contribution in [0.15, 0.2) is 52.0 Å². The van der Waals surface area contributed by atoms with Gasteiger partial charge in [0.2, 0.25) is 0 Å². The summed E-state index contributed by atoms with van der Waals surface area (Å²) in [6.07, 6.45) is 0. The predicted molar refractivity (Wildman–Crippen MR) is 113 cm³/mol. The van der Waals surface area contributed by atoms with Gasteiger partial charge in [0.25, 0.3) is 0 Å². The van der Waals surface area contributed by atoms with E-state index in [1.165, 1.54) is 35.2 Å². The van der Waals surface area contributed by atoms with Crippen LogP contribution in [0.2, 0.25) is 0 Å². The summed E-state index contributed by atoms with van der Waals surface area (Å²) in [5, 5.41) is 12.2. The number of nitrogens with one attached hydrogen (secondary N) is 1. The SMILES string of the molecule is O=C(OCc1cccs1)C1=NN[C@H]2S[C@]34COC(=O)C3=NN(c3ccc(F)cc3)[C@@H]4[C@@H]12. The highest BCUT2D eigenvalue weighted by Gasteiger charge is 2.71. The summed E-state index contributed by atoms with van der Waals surface area (Å²) in [6, 6.07) is 9.27. The second-order valence-electron chi connectivity index (χ2n) is 7.53. The van der Waals surface area contributed by atoms with Crippen molar-refractivity contribution in [1.82, 2.24) is 5.43 Å². The first-order valence-electron chi connectivity index (χ1n) is 9.58. The van der Waals surface area contributed by atoms with E-state index in [0.29, 0.717) is 11.4 Å². The molecule has 4 aliphatic rings. The van der Waals surface area contributed by atoms with Crippen molar-refractivity contribution in [1.29, 1.82) is 0 Å². The van der Waals surface area contributed by atoms with Crippen LogP contribution in [0.1, 0.15) is 4.88 Å². The maximum atomic E-state index is 13.5. The molecule has 6 rings (SSSR count). The van der Waals surface area contributed by atoms with Crippen molar-refractivity contribution in [3.8, 4) is 0 Å². The van der Waals surface area contributed by atoms with E-state index in [4.69, 9.17) is 9.47 Å². The zero-order chi connectivity index (χ0) is 21.2. The van der Waals surface area contributed by atoms with Gasteiger partial charge in [-0.25, -0.2) is 14.0 Å². The van der Waals surface area contributed by atoms with Crippen LogP contribution in [0.25, 0.3) is 0 Å². The molecule has 1 aromatic heterocycles. The van der Waals surface area contributed by atoms with Gasteiger partial charge in [-0.15, -0.1) is 23.1 Å². The smallest absolute Gasteiger partial charge is 0.356 e. The molecule has 0 unspecified atom stereocenters. The van der Waals surface area contributed by atoms with Gasteiger partial charge in [0, 0.05) is 4.88 Å². The number of hydrogen-bond donors (Lipinski definition) is 1. The van der Waals surface area contributed by atoms with Gasteiger partial charge in [-0.1, -0.05) is 6.07 Å². The number of fused-ring (bicyclic) bond motifs is 2.